The molecule has 0 radical (unpaired) electrons. The Bertz CT molecular complexity index is 1310. The number of aliphatic hydroxyl groups is 1. The number of fused-ring (bicyclic) bond motifs is 2. The Morgan fingerprint density at radius 3 is 2.50 bits per heavy atom. The molecular weight excluding hydrogens is 588 g/mol. The minimum atomic E-state index is -0.940. The van der Waals surface area contributed by atoms with Crippen LogP contribution >= 0.6 is 0 Å². The van der Waals surface area contributed by atoms with E-state index in [1.165, 1.54) is 19.2 Å². The molecule has 2 bridgehead atoms. The second kappa shape index (κ2) is 18.3. The fourth-order valence-corrected chi connectivity index (χ4v) is 5.76. The molecular formula is C36H50N2O8. The Kier molecular flexibility index (Phi) is 14.6. The SMILES string of the molecule is CO[C@H]1\C=C/C=C\C=C/C[C@H](OC(=O)[C@@H](C)NC(=O)C2CCCCC2)[C@@H](C)[C@H](O)/C(C)=C\CCc2cc(O)cc(c2O)NC(=O)C1. The average Bonchev–Trinajstić information content (AvgIpc) is 3.04. The van der Waals surface area contributed by atoms with Crippen LogP contribution in [0.1, 0.15) is 77.7 Å². The first-order valence-corrected chi connectivity index (χ1v) is 16.2. The zero-order valence-electron chi connectivity index (χ0n) is 27.4. The van der Waals surface area contributed by atoms with Crippen LogP contribution in [0, 0.1) is 11.8 Å². The second-order valence-electron chi connectivity index (χ2n) is 12.3. The van der Waals surface area contributed by atoms with Gasteiger partial charge in [0, 0.05) is 31.4 Å². The van der Waals surface area contributed by atoms with Gasteiger partial charge in [-0.05, 0) is 56.7 Å². The third-order valence-corrected chi connectivity index (χ3v) is 8.69. The normalized spacial score (nSPS) is 27.8. The van der Waals surface area contributed by atoms with Gasteiger partial charge in [-0.25, -0.2) is 4.79 Å². The first-order valence-electron chi connectivity index (χ1n) is 16.2. The number of allylic oxidation sites excluding steroid dienone is 5. The van der Waals surface area contributed by atoms with E-state index >= 15 is 0 Å². The maximum atomic E-state index is 13.1. The third kappa shape index (κ3) is 11.2. The highest BCUT2D eigenvalue weighted by molar-refractivity contribution is 5.93. The molecule has 10 heteroatoms. The number of aryl methyl sites for hydroxylation is 1. The fraction of sp³-hybridized carbons (Fsp3) is 0.528. The van der Waals surface area contributed by atoms with Gasteiger partial charge in [-0.3, -0.25) is 9.59 Å². The fourth-order valence-electron chi connectivity index (χ4n) is 5.76. The molecule has 5 atom stereocenters. The Labute approximate surface area is 272 Å². The van der Waals surface area contributed by atoms with Gasteiger partial charge in [0.2, 0.25) is 11.8 Å². The number of benzene rings is 1. The Balaban J connectivity index is 1.82. The topological polar surface area (TPSA) is 154 Å². The summed E-state index contributed by atoms with van der Waals surface area (Å²) in [5.41, 5.74) is 1.19. The van der Waals surface area contributed by atoms with Crippen molar-refractivity contribution in [2.45, 2.75) is 103 Å². The molecule has 252 valence electrons. The second-order valence-corrected chi connectivity index (χ2v) is 12.3. The molecule has 2 aliphatic rings. The number of esters is 1. The molecule has 0 unspecified atom stereocenters. The van der Waals surface area contributed by atoms with Crippen molar-refractivity contribution in [1.82, 2.24) is 5.32 Å². The lowest BCUT2D eigenvalue weighted by Gasteiger charge is -2.29. The molecule has 0 spiro atoms. The number of phenolic OH excluding ortho intramolecular Hbond substituents is 2. The van der Waals surface area contributed by atoms with E-state index in [4.69, 9.17) is 9.47 Å². The van der Waals surface area contributed by atoms with Gasteiger partial charge in [-0.15, -0.1) is 0 Å². The van der Waals surface area contributed by atoms with Crippen molar-refractivity contribution in [3.63, 3.8) is 0 Å². The molecule has 1 saturated carbocycles. The number of methoxy groups -OCH3 is 1. The van der Waals surface area contributed by atoms with Gasteiger partial charge in [-0.2, -0.15) is 0 Å². The van der Waals surface area contributed by atoms with Crippen molar-refractivity contribution in [2.75, 3.05) is 12.4 Å². The largest absolute Gasteiger partial charge is 0.508 e. The summed E-state index contributed by atoms with van der Waals surface area (Å²) >= 11 is 0. The molecule has 0 saturated heterocycles. The van der Waals surface area contributed by atoms with Crippen molar-refractivity contribution in [1.29, 1.82) is 0 Å². The van der Waals surface area contributed by atoms with Gasteiger partial charge < -0.3 is 35.4 Å². The van der Waals surface area contributed by atoms with Gasteiger partial charge in [0.05, 0.1) is 24.3 Å². The Morgan fingerprint density at radius 1 is 1.07 bits per heavy atom. The lowest BCUT2D eigenvalue weighted by Crippen LogP contribution is -2.45. The van der Waals surface area contributed by atoms with Crippen molar-refractivity contribution in [2.24, 2.45) is 11.8 Å². The molecule has 1 fully saturated rings. The summed E-state index contributed by atoms with van der Waals surface area (Å²) in [4.78, 5) is 38.6. The minimum absolute atomic E-state index is 0.00853. The zero-order valence-corrected chi connectivity index (χ0v) is 27.4. The number of rotatable bonds is 5. The highest BCUT2D eigenvalue weighted by Gasteiger charge is 2.31. The predicted octanol–water partition coefficient (Wildman–Crippen LogP) is 5.39. The Hall–Kier alpha value is -3.89. The van der Waals surface area contributed by atoms with Crippen molar-refractivity contribution in [3.05, 3.63) is 65.8 Å². The number of phenols is 2. The van der Waals surface area contributed by atoms with E-state index in [2.05, 4.69) is 10.6 Å². The van der Waals surface area contributed by atoms with Crippen molar-refractivity contribution < 1.29 is 39.2 Å². The number of hydrogen-bond donors (Lipinski definition) is 5. The molecule has 46 heavy (non-hydrogen) atoms. The van der Waals surface area contributed by atoms with Crippen LogP contribution in [0.3, 0.4) is 0 Å². The van der Waals surface area contributed by atoms with E-state index in [0.717, 1.165) is 32.1 Å². The van der Waals surface area contributed by atoms with Gasteiger partial charge in [0.1, 0.15) is 23.6 Å². The monoisotopic (exact) mass is 638 g/mol. The maximum absolute atomic E-state index is 13.1. The van der Waals surface area contributed by atoms with Crippen LogP contribution in [0.15, 0.2) is 60.2 Å². The number of carbonyl (C=O) groups excluding carboxylic acids is 3. The first-order chi connectivity index (χ1) is 22.0. The van der Waals surface area contributed by atoms with Crippen LogP contribution in [-0.4, -0.2) is 64.6 Å². The molecule has 1 aliphatic heterocycles. The van der Waals surface area contributed by atoms with Crippen LogP contribution < -0.4 is 10.6 Å². The molecule has 1 aromatic rings. The summed E-state index contributed by atoms with van der Waals surface area (Å²) in [6, 6.07) is 1.89. The van der Waals surface area contributed by atoms with E-state index in [9.17, 15) is 29.7 Å². The number of aromatic hydroxyl groups is 2. The number of amides is 2. The van der Waals surface area contributed by atoms with E-state index in [-0.39, 0.29) is 35.4 Å². The molecule has 1 aromatic carbocycles. The zero-order chi connectivity index (χ0) is 33.6. The number of anilines is 1. The van der Waals surface area contributed by atoms with Crippen LogP contribution in [-0.2, 0) is 30.3 Å². The molecule has 2 amide bonds. The smallest absolute Gasteiger partial charge is 0.328 e. The quantitative estimate of drug-likeness (QED) is 0.125. The first kappa shape index (κ1) is 36.6. The van der Waals surface area contributed by atoms with E-state index in [0.29, 0.717) is 30.4 Å². The molecule has 1 aliphatic carbocycles. The van der Waals surface area contributed by atoms with Gasteiger partial charge in [0.25, 0.3) is 0 Å². The molecule has 5 N–H and O–H groups in total. The number of ether oxygens (including phenoxy) is 2. The standard InChI is InChI=1S/C36H50N2O8/c1-23-14-13-17-27-20-28(39)21-30(34(27)42)38-32(40)22-29(45-4)18-11-6-5-7-12-19-31(24(2)33(23)41)46-36(44)25(3)37-35(43)26-15-9-8-10-16-26/h5-7,11-12,14,18,20-21,24-26,29,31,33,39,41-42H,8-10,13,15-17,19,22H2,1-4H3,(H,37,43)(H,38,40)/b6-5-,12-7-,18-11-,23-14-/t24-,25-,29+,31+,33-/m1/s1. The molecule has 3 rings (SSSR count). The molecule has 10 nitrogen and oxygen atoms in total. The average molecular weight is 639 g/mol. The van der Waals surface area contributed by atoms with E-state index < -0.39 is 42.1 Å². The lowest BCUT2D eigenvalue weighted by atomic mass is 9.88. The summed E-state index contributed by atoms with van der Waals surface area (Å²) in [5.74, 6) is -1.90. The maximum Gasteiger partial charge on any atom is 0.328 e. The number of carbonyl (C=O) groups is 3. The number of hydrogen-bond acceptors (Lipinski definition) is 8. The summed E-state index contributed by atoms with van der Waals surface area (Å²) in [6.07, 6.45) is 16.2. The van der Waals surface area contributed by atoms with Crippen LogP contribution in [0.25, 0.3) is 0 Å². The van der Waals surface area contributed by atoms with Crippen LogP contribution in [0.5, 0.6) is 11.5 Å². The van der Waals surface area contributed by atoms with Crippen LogP contribution in [0.4, 0.5) is 5.69 Å². The molecule has 0 aromatic heterocycles. The number of nitrogens with one attached hydrogen (secondary N) is 2. The molecule has 1 heterocycles. The summed E-state index contributed by atoms with van der Waals surface area (Å²) < 4.78 is 11.3. The summed E-state index contributed by atoms with van der Waals surface area (Å²) in [6.45, 7) is 5.22. The number of aliphatic hydroxyl groups excluding tert-OH is 1. The van der Waals surface area contributed by atoms with E-state index in [1.54, 1.807) is 44.2 Å². The van der Waals surface area contributed by atoms with Gasteiger partial charge in [0.15, 0.2) is 0 Å². The summed E-state index contributed by atoms with van der Waals surface area (Å²) in [7, 11) is 1.49. The van der Waals surface area contributed by atoms with Crippen molar-refractivity contribution >= 4 is 23.5 Å². The summed E-state index contributed by atoms with van der Waals surface area (Å²) in [5, 5.41) is 37.8. The van der Waals surface area contributed by atoms with Crippen molar-refractivity contribution in [3.8, 4) is 11.5 Å². The van der Waals surface area contributed by atoms with Gasteiger partial charge in [-0.1, -0.05) is 68.7 Å². The lowest BCUT2D eigenvalue weighted by molar-refractivity contribution is -0.156. The van der Waals surface area contributed by atoms with Gasteiger partial charge >= 0.3 is 5.97 Å². The van der Waals surface area contributed by atoms with E-state index in [1.807, 2.05) is 19.1 Å². The Morgan fingerprint density at radius 2 is 1.78 bits per heavy atom. The third-order valence-electron chi connectivity index (χ3n) is 8.69. The highest BCUT2D eigenvalue weighted by atomic mass is 16.5. The highest BCUT2D eigenvalue weighted by Crippen LogP contribution is 2.34. The van der Waals surface area contributed by atoms with Crippen LogP contribution in [0.2, 0.25) is 0 Å². The minimum Gasteiger partial charge on any atom is -0.508 e. The predicted molar refractivity (Wildman–Crippen MR) is 177 cm³/mol.